The molecule has 7 nitrogen and oxygen atoms in total. The molecule has 2 aromatic rings. The lowest BCUT2D eigenvalue weighted by Crippen LogP contribution is -2.33. The van der Waals surface area contributed by atoms with Gasteiger partial charge < -0.3 is 10.6 Å². The first-order valence-corrected chi connectivity index (χ1v) is 10.4. The van der Waals surface area contributed by atoms with Crippen LogP contribution in [0.2, 0.25) is 5.02 Å². The number of rotatable bonds is 6. The summed E-state index contributed by atoms with van der Waals surface area (Å²) in [4.78, 5) is 23.9. The van der Waals surface area contributed by atoms with Crippen LogP contribution in [0.5, 0.6) is 0 Å². The molecule has 26 heavy (non-hydrogen) atoms. The summed E-state index contributed by atoms with van der Waals surface area (Å²) in [7, 11) is 0. The van der Waals surface area contributed by atoms with E-state index in [1.165, 1.54) is 35.9 Å². The third-order valence-corrected chi connectivity index (χ3v) is 6.00. The Balaban J connectivity index is 1.42. The third kappa shape index (κ3) is 5.86. The van der Waals surface area contributed by atoms with E-state index in [1.54, 1.807) is 24.3 Å². The molecule has 0 unspecified atom stereocenters. The number of amides is 3. The molecule has 1 heterocycles. The van der Waals surface area contributed by atoms with Crippen molar-refractivity contribution in [3.05, 3.63) is 29.3 Å². The van der Waals surface area contributed by atoms with Crippen LogP contribution in [0.15, 0.2) is 28.6 Å². The Labute approximate surface area is 164 Å². The quantitative estimate of drug-likeness (QED) is 0.493. The van der Waals surface area contributed by atoms with Gasteiger partial charge in [-0.1, -0.05) is 47.5 Å². The zero-order valence-electron chi connectivity index (χ0n) is 13.8. The first-order chi connectivity index (χ1) is 12.6. The fourth-order valence-electron chi connectivity index (χ4n) is 2.58. The molecule has 0 saturated heterocycles. The van der Waals surface area contributed by atoms with Gasteiger partial charge >= 0.3 is 6.03 Å². The first kappa shape index (κ1) is 18.9. The van der Waals surface area contributed by atoms with Gasteiger partial charge in [0.2, 0.25) is 11.0 Å². The van der Waals surface area contributed by atoms with Crippen molar-refractivity contribution in [2.45, 2.75) is 36.1 Å². The zero-order chi connectivity index (χ0) is 18.4. The predicted molar refractivity (Wildman–Crippen MR) is 105 cm³/mol. The molecule has 1 aromatic carbocycles. The van der Waals surface area contributed by atoms with Crippen LogP contribution in [0.1, 0.15) is 25.7 Å². The molecule has 3 rings (SSSR count). The lowest BCUT2D eigenvalue weighted by molar-refractivity contribution is -0.119. The van der Waals surface area contributed by atoms with E-state index in [9.17, 15) is 9.59 Å². The lowest BCUT2D eigenvalue weighted by atomic mass is 10.2. The monoisotopic (exact) mass is 411 g/mol. The van der Waals surface area contributed by atoms with Crippen LogP contribution in [0, 0.1) is 0 Å². The summed E-state index contributed by atoms with van der Waals surface area (Å²) >= 11 is 8.34. The number of halogens is 1. The SMILES string of the molecule is O=C(CSc1nnc(NC(=O)Nc2ccc(Cl)cc2)s1)NC1CCCC1. The molecule has 0 bridgehead atoms. The molecule has 1 aromatic heterocycles. The second kappa shape index (κ2) is 9.20. The molecule has 1 aliphatic rings. The summed E-state index contributed by atoms with van der Waals surface area (Å²) in [5.41, 5.74) is 0.620. The van der Waals surface area contributed by atoms with Crippen LogP contribution >= 0.6 is 34.7 Å². The van der Waals surface area contributed by atoms with Gasteiger partial charge in [-0.05, 0) is 37.1 Å². The van der Waals surface area contributed by atoms with Crippen molar-refractivity contribution in [1.82, 2.24) is 15.5 Å². The Bertz CT molecular complexity index is 762. The van der Waals surface area contributed by atoms with Crippen molar-refractivity contribution >= 4 is 57.5 Å². The molecule has 1 saturated carbocycles. The third-order valence-electron chi connectivity index (χ3n) is 3.78. The number of carbonyl (C=O) groups is 2. The van der Waals surface area contributed by atoms with Crippen molar-refractivity contribution < 1.29 is 9.59 Å². The van der Waals surface area contributed by atoms with Gasteiger partial charge in [-0.25, -0.2) is 4.79 Å². The average Bonchev–Trinajstić information content (AvgIpc) is 3.27. The Morgan fingerprint density at radius 1 is 1.15 bits per heavy atom. The molecular formula is C16H18ClN5O2S2. The smallest absolute Gasteiger partial charge is 0.325 e. The number of nitrogens with zero attached hydrogens (tertiary/aromatic N) is 2. The van der Waals surface area contributed by atoms with Gasteiger partial charge in [-0.15, -0.1) is 10.2 Å². The van der Waals surface area contributed by atoms with Crippen LogP contribution in [0.3, 0.4) is 0 Å². The van der Waals surface area contributed by atoms with Gasteiger partial charge in [0.25, 0.3) is 0 Å². The van der Waals surface area contributed by atoms with Crippen molar-refractivity contribution in [1.29, 1.82) is 0 Å². The van der Waals surface area contributed by atoms with Crippen molar-refractivity contribution in [2.24, 2.45) is 0 Å². The standard InChI is InChI=1S/C16H18ClN5O2S2/c17-10-5-7-12(8-6-10)19-14(24)20-15-21-22-16(26-15)25-9-13(23)18-11-3-1-2-4-11/h5-8,11H,1-4,9H2,(H,18,23)(H2,19,20,21,24). The maximum atomic E-state index is 11.9. The number of hydrogen-bond acceptors (Lipinski definition) is 6. The maximum absolute atomic E-state index is 11.9. The molecule has 1 fully saturated rings. The van der Waals surface area contributed by atoms with Gasteiger partial charge in [-0.3, -0.25) is 10.1 Å². The highest BCUT2D eigenvalue weighted by atomic mass is 35.5. The lowest BCUT2D eigenvalue weighted by Gasteiger charge is -2.10. The number of nitrogens with one attached hydrogen (secondary N) is 3. The summed E-state index contributed by atoms with van der Waals surface area (Å²) in [6.07, 6.45) is 4.49. The number of urea groups is 1. The molecular weight excluding hydrogens is 394 g/mol. The van der Waals surface area contributed by atoms with E-state index in [0.29, 0.717) is 32.0 Å². The molecule has 138 valence electrons. The van der Waals surface area contributed by atoms with E-state index in [0.717, 1.165) is 12.8 Å². The van der Waals surface area contributed by atoms with Crippen LogP contribution in [0.4, 0.5) is 15.6 Å². The maximum Gasteiger partial charge on any atom is 0.325 e. The van der Waals surface area contributed by atoms with Crippen LogP contribution in [0.25, 0.3) is 0 Å². The highest BCUT2D eigenvalue weighted by Crippen LogP contribution is 2.26. The molecule has 10 heteroatoms. The zero-order valence-corrected chi connectivity index (χ0v) is 16.2. The van der Waals surface area contributed by atoms with E-state index >= 15 is 0 Å². The molecule has 0 aliphatic heterocycles. The van der Waals surface area contributed by atoms with Gasteiger partial charge in [0.1, 0.15) is 0 Å². The van der Waals surface area contributed by atoms with Crippen LogP contribution < -0.4 is 16.0 Å². The highest BCUT2D eigenvalue weighted by molar-refractivity contribution is 8.01. The number of thioether (sulfide) groups is 1. The number of carbonyl (C=O) groups excluding carboxylic acids is 2. The summed E-state index contributed by atoms with van der Waals surface area (Å²) < 4.78 is 0.633. The fraction of sp³-hybridized carbons (Fsp3) is 0.375. The van der Waals surface area contributed by atoms with E-state index in [-0.39, 0.29) is 5.91 Å². The average molecular weight is 412 g/mol. The topological polar surface area (TPSA) is 96.0 Å². The Morgan fingerprint density at radius 2 is 1.88 bits per heavy atom. The summed E-state index contributed by atoms with van der Waals surface area (Å²) in [5.74, 6) is 0.300. The minimum Gasteiger partial charge on any atom is -0.353 e. The molecule has 3 amide bonds. The van der Waals surface area contributed by atoms with E-state index in [4.69, 9.17) is 11.6 Å². The highest BCUT2D eigenvalue weighted by Gasteiger charge is 2.17. The number of anilines is 2. The van der Waals surface area contributed by atoms with Crippen LogP contribution in [-0.2, 0) is 4.79 Å². The Kier molecular flexibility index (Phi) is 6.70. The number of aromatic nitrogens is 2. The predicted octanol–water partition coefficient (Wildman–Crippen LogP) is 3.99. The van der Waals surface area contributed by atoms with Gasteiger partial charge in [0.15, 0.2) is 4.34 Å². The van der Waals surface area contributed by atoms with Crippen molar-refractivity contribution in [3.8, 4) is 0 Å². The second-order valence-electron chi connectivity index (χ2n) is 5.80. The summed E-state index contributed by atoms with van der Waals surface area (Å²) in [6.45, 7) is 0. The molecule has 0 spiro atoms. The molecule has 0 radical (unpaired) electrons. The van der Waals surface area contributed by atoms with Crippen molar-refractivity contribution in [3.63, 3.8) is 0 Å². The first-order valence-electron chi connectivity index (χ1n) is 8.18. The second-order valence-corrected chi connectivity index (χ2v) is 8.43. The minimum atomic E-state index is -0.418. The van der Waals surface area contributed by atoms with E-state index < -0.39 is 6.03 Å². The Hall–Kier alpha value is -1.84. The molecule has 3 N–H and O–H groups in total. The van der Waals surface area contributed by atoms with Gasteiger partial charge in [-0.2, -0.15) is 0 Å². The van der Waals surface area contributed by atoms with Crippen LogP contribution in [-0.4, -0.2) is 33.9 Å². The van der Waals surface area contributed by atoms with Gasteiger partial charge in [0.05, 0.1) is 5.75 Å². The Morgan fingerprint density at radius 3 is 2.62 bits per heavy atom. The largest absolute Gasteiger partial charge is 0.353 e. The van der Waals surface area contributed by atoms with Crippen molar-refractivity contribution in [2.75, 3.05) is 16.4 Å². The van der Waals surface area contributed by atoms with E-state index in [1.807, 2.05) is 0 Å². The molecule has 1 aliphatic carbocycles. The number of benzene rings is 1. The van der Waals surface area contributed by atoms with E-state index in [2.05, 4.69) is 26.1 Å². The minimum absolute atomic E-state index is 0.00657. The normalized spacial score (nSPS) is 14.2. The summed E-state index contributed by atoms with van der Waals surface area (Å²) in [5, 5.41) is 17.2. The summed E-state index contributed by atoms with van der Waals surface area (Å²) in [6, 6.07) is 6.67. The fourth-order valence-corrected chi connectivity index (χ4v) is 4.26. The van der Waals surface area contributed by atoms with Gasteiger partial charge in [0, 0.05) is 16.8 Å². The number of hydrogen-bond donors (Lipinski definition) is 3. The molecule has 0 atom stereocenters.